The molecule has 18 nitrogen and oxygen atoms in total. The smallest absolute Gasteiger partial charge is 0.246 e. The van der Waals surface area contributed by atoms with E-state index in [1.807, 2.05) is 152 Å². The minimum atomic E-state index is -0.00849. The van der Waals surface area contributed by atoms with Crippen molar-refractivity contribution in [2.24, 2.45) is 59.9 Å². The third-order valence-corrected chi connectivity index (χ3v) is 13.8. The van der Waals surface area contributed by atoms with Gasteiger partial charge in [-0.25, -0.2) is 9.80 Å². The minimum Gasteiger partial charge on any atom is -0.399 e. The van der Waals surface area contributed by atoms with Gasteiger partial charge in [0.25, 0.3) is 0 Å². The lowest BCUT2D eigenvalue weighted by Gasteiger charge is -2.30. The molecule has 0 fully saturated rings. The quantitative estimate of drug-likeness (QED) is 0.0898. The van der Waals surface area contributed by atoms with Crippen LogP contribution in [0.25, 0.3) is 44.5 Å². The number of nitrogens with one attached hydrogen (secondary N) is 3. The number of hydrogen-bond donors (Lipinski definition) is 4. The molecule has 6 aliphatic rings. The van der Waals surface area contributed by atoms with Crippen LogP contribution in [0.5, 0.6) is 0 Å². The zero-order valence-corrected chi connectivity index (χ0v) is 48.9. The van der Waals surface area contributed by atoms with E-state index in [2.05, 4.69) is 150 Å². The molecule has 0 spiro atoms. The second-order valence-corrected chi connectivity index (χ2v) is 20.5. The Bertz CT molecular complexity index is 4040. The summed E-state index contributed by atoms with van der Waals surface area (Å²) in [6, 6.07) is 83.5. The third kappa shape index (κ3) is 14.3. The van der Waals surface area contributed by atoms with Crippen LogP contribution in [0.3, 0.4) is 0 Å². The van der Waals surface area contributed by atoms with E-state index in [0.29, 0.717) is 35.8 Å². The van der Waals surface area contributed by atoms with Crippen LogP contribution >= 0.6 is 34.8 Å². The fraction of sp³-hybridized carbons (Fsp3) is 0.0149. The highest BCUT2D eigenvalue weighted by atomic mass is 35.5. The van der Waals surface area contributed by atoms with Gasteiger partial charge in [0.05, 0.1) is 0 Å². The topological polar surface area (TPSA) is 217 Å². The van der Waals surface area contributed by atoms with Crippen molar-refractivity contribution in [2.75, 3.05) is 21.7 Å². The fourth-order valence-corrected chi connectivity index (χ4v) is 9.48. The molecule has 0 saturated carbocycles. The molecule has 0 atom stereocenters. The number of aliphatic imine (C=N–C) groups is 12. The van der Waals surface area contributed by atoms with Crippen LogP contribution < -0.4 is 21.7 Å². The maximum atomic E-state index is 5.70. The summed E-state index contributed by atoms with van der Waals surface area (Å²) in [4.78, 5) is 54.8. The summed E-state index contributed by atoms with van der Waals surface area (Å²) in [5, 5.41) is 9.98. The molecule has 0 unspecified atom stereocenters. The van der Waals surface area contributed by atoms with Crippen molar-refractivity contribution in [3.8, 4) is 44.5 Å². The Balaban J connectivity index is 0.000000167. The number of guanidine groups is 9. The number of rotatable bonds is 7. The lowest BCUT2D eigenvalue weighted by molar-refractivity contribution is 0.826. The van der Waals surface area contributed by atoms with E-state index < -0.39 is 0 Å². The predicted molar refractivity (Wildman–Crippen MR) is 364 cm³/mol. The maximum absolute atomic E-state index is 5.70. The average Bonchev–Trinajstić information content (AvgIpc) is 2.07. The summed E-state index contributed by atoms with van der Waals surface area (Å²) >= 11 is 17.1. The fourth-order valence-electron chi connectivity index (χ4n) is 9.03. The summed E-state index contributed by atoms with van der Waals surface area (Å²) in [6.07, 6.45) is 0. The average molecular weight is 1210 g/mol. The standard InChI is InChI=1S/C42H30N10.C12H11N.C7H8.C6Cl3N7/c1-4-10-28(11-5-1)31-16-22-34(23-17-31)43-37-46-40-48-38(44-35-24-18-32(19-25-35)29-12-6-2-7-13-29)50-42-51-39(49-41(47-37)52(40)42)45-36-26-20-33(21-27-36)30-14-8-3-9-15-30;13-12-8-6-11(7-9-12)10-4-2-1-3-5-10;1-7-5-3-2-4-6-7;7-1-10-4-12-2(8)14-6-15-3(9)13-5(11-1)16(4)6/h1-27H,(H3,43,44,45,46,47,48,49,50,51);1-9H,13H2;2-6H,1H3;. The number of nitrogens with two attached hydrogens (primary N) is 1. The molecule has 0 aromatic heterocycles. The van der Waals surface area contributed by atoms with Crippen LogP contribution in [0.4, 0.5) is 22.7 Å². The number of anilines is 4. The van der Waals surface area contributed by atoms with Gasteiger partial charge in [0, 0.05) is 22.7 Å². The van der Waals surface area contributed by atoms with Gasteiger partial charge < -0.3 is 21.7 Å². The van der Waals surface area contributed by atoms with Crippen molar-refractivity contribution in [1.82, 2.24) is 9.80 Å². The highest BCUT2D eigenvalue weighted by Crippen LogP contribution is 2.27. The summed E-state index contributed by atoms with van der Waals surface area (Å²) in [5.41, 5.74) is 19.4. The van der Waals surface area contributed by atoms with Gasteiger partial charge in [0.1, 0.15) is 0 Å². The van der Waals surface area contributed by atoms with Crippen molar-refractivity contribution in [1.29, 1.82) is 0 Å². The Kier molecular flexibility index (Phi) is 17.4. The summed E-state index contributed by atoms with van der Waals surface area (Å²) < 4.78 is 0. The van der Waals surface area contributed by atoms with Crippen LogP contribution in [-0.2, 0) is 0 Å². The third-order valence-electron chi connectivity index (χ3n) is 13.3. The molecule has 0 saturated heterocycles. The first-order valence-electron chi connectivity index (χ1n) is 27.4. The zero-order chi connectivity index (χ0) is 60.2. The van der Waals surface area contributed by atoms with Gasteiger partial charge in [-0.2, -0.15) is 59.9 Å². The van der Waals surface area contributed by atoms with E-state index in [1.54, 1.807) is 4.90 Å². The van der Waals surface area contributed by atoms with Crippen LogP contribution in [0.2, 0.25) is 0 Å². The number of amidine groups is 3. The molecule has 6 aliphatic heterocycles. The molecule has 0 bridgehead atoms. The van der Waals surface area contributed by atoms with Crippen molar-refractivity contribution < 1.29 is 0 Å². The van der Waals surface area contributed by atoms with Crippen molar-refractivity contribution in [2.45, 2.75) is 6.92 Å². The zero-order valence-electron chi connectivity index (χ0n) is 46.6. The normalized spacial score (nSPS) is 14.7. The highest BCUT2D eigenvalue weighted by molar-refractivity contribution is 6.71. The van der Waals surface area contributed by atoms with Gasteiger partial charge >= 0.3 is 0 Å². The molecule has 428 valence electrons. The van der Waals surface area contributed by atoms with E-state index >= 15 is 0 Å². The molecule has 0 amide bonds. The largest absolute Gasteiger partial charge is 0.399 e. The molecule has 21 heteroatoms. The molecule has 15 rings (SSSR count). The second kappa shape index (κ2) is 26.7. The first-order chi connectivity index (χ1) is 43.1. The summed E-state index contributed by atoms with van der Waals surface area (Å²) in [5.74, 6) is 2.64. The first-order valence-corrected chi connectivity index (χ1v) is 28.5. The van der Waals surface area contributed by atoms with Crippen LogP contribution in [0, 0.1) is 6.92 Å². The molecule has 9 aromatic rings. The predicted octanol–water partition coefficient (Wildman–Crippen LogP) is 14.9. The van der Waals surface area contributed by atoms with E-state index in [1.165, 1.54) is 21.6 Å². The maximum Gasteiger partial charge on any atom is 0.246 e. The van der Waals surface area contributed by atoms with E-state index in [-0.39, 0.29) is 33.8 Å². The Morgan fingerprint density at radius 1 is 0.261 bits per heavy atom. The van der Waals surface area contributed by atoms with Crippen LogP contribution in [-0.4, -0.2) is 79.3 Å². The number of nitrogen functional groups attached to an aromatic ring is 1. The lowest BCUT2D eigenvalue weighted by atomic mass is 10.1. The minimum absolute atomic E-state index is 0.00849. The summed E-state index contributed by atoms with van der Waals surface area (Å²) in [6.45, 7) is 2.08. The van der Waals surface area contributed by atoms with Crippen molar-refractivity contribution in [3.05, 3.63) is 254 Å². The Labute approximate surface area is 521 Å². The number of halogens is 3. The van der Waals surface area contributed by atoms with Crippen molar-refractivity contribution in [3.63, 3.8) is 0 Å². The molecule has 0 radical (unpaired) electrons. The van der Waals surface area contributed by atoms with E-state index in [4.69, 9.17) is 70.5 Å². The van der Waals surface area contributed by atoms with Gasteiger partial charge in [0.2, 0.25) is 69.5 Å². The van der Waals surface area contributed by atoms with Gasteiger partial charge in [-0.15, -0.1) is 0 Å². The van der Waals surface area contributed by atoms with E-state index in [0.717, 1.165) is 56.1 Å². The molecular formula is C67H49Cl3N18. The first kappa shape index (κ1) is 57.1. The van der Waals surface area contributed by atoms with Crippen LogP contribution in [0.15, 0.2) is 309 Å². The molecule has 5 N–H and O–H groups in total. The van der Waals surface area contributed by atoms with Gasteiger partial charge in [0.15, 0.2) is 0 Å². The van der Waals surface area contributed by atoms with Gasteiger partial charge in [-0.3, -0.25) is 0 Å². The van der Waals surface area contributed by atoms with Gasteiger partial charge in [-0.05, 0) is 135 Å². The molecular weight excluding hydrogens is 1160 g/mol. The number of aryl methyl sites for hydroxylation is 1. The molecule has 6 heterocycles. The van der Waals surface area contributed by atoms with Gasteiger partial charge in [-0.1, -0.05) is 206 Å². The summed E-state index contributed by atoms with van der Waals surface area (Å²) in [7, 11) is 0. The molecule has 88 heavy (non-hydrogen) atoms. The highest BCUT2D eigenvalue weighted by Gasteiger charge is 2.36. The Morgan fingerprint density at radius 3 is 0.739 bits per heavy atom. The Morgan fingerprint density at radius 2 is 0.489 bits per heavy atom. The second-order valence-electron chi connectivity index (χ2n) is 19.4. The number of benzene rings is 9. The lowest BCUT2D eigenvalue weighted by Crippen LogP contribution is -2.49. The Hall–Kier alpha value is -11.3. The number of nitrogens with zero attached hydrogens (tertiary/aromatic N) is 14. The SMILES string of the molecule is Cc1ccccc1.ClC1=NC2=NC(Cl)=NC3=NC(Cl)=NC(=N1)N23.Nc1ccc(-c2ccccc2)cc1.c1ccc(-c2ccc(NC3=NC4=NC(Nc5ccc(-c6ccccc6)cc5)=NC5=NC(Nc6ccc(-c7ccccc7)cc6)=NC(=N3)N45)cc2)cc1. The van der Waals surface area contributed by atoms with Crippen LogP contribution in [0.1, 0.15) is 5.56 Å². The van der Waals surface area contributed by atoms with Crippen molar-refractivity contribution >= 4 is 127 Å². The van der Waals surface area contributed by atoms with E-state index in [9.17, 15) is 0 Å². The molecule has 9 aromatic carbocycles. The monoisotopic (exact) mass is 1210 g/mol. The number of hydrogen-bond acceptors (Lipinski definition) is 18. The molecule has 0 aliphatic carbocycles.